The average molecular weight is 284 g/mol. The van der Waals surface area contributed by atoms with Crippen LogP contribution in [0.4, 0.5) is 0 Å². The summed E-state index contributed by atoms with van der Waals surface area (Å²) in [4.78, 5) is 9.77. The molecule has 1 aliphatic heterocycles. The quantitative estimate of drug-likeness (QED) is 0.811. The van der Waals surface area contributed by atoms with Crippen LogP contribution in [0.2, 0.25) is 0 Å². The first-order valence-electron chi connectivity index (χ1n) is 6.15. The molecular weight excluding hydrogens is 272 g/mol. The van der Waals surface area contributed by atoms with E-state index >= 15 is 0 Å². The largest absolute Gasteiger partial charge is 0.481 e. The number of hydrogen-bond acceptors (Lipinski definition) is 5. The first kappa shape index (κ1) is 12.7. The minimum atomic E-state index is -0.152. The third kappa shape index (κ3) is 2.51. The Morgan fingerprint density at radius 2 is 2.35 bits per heavy atom. The number of rotatable bonds is 4. The Labute approximate surface area is 121 Å². The predicted octanol–water partition coefficient (Wildman–Crippen LogP) is 3.02. The van der Waals surface area contributed by atoms with Crippen molar-refractivity contribution in [1.29, 1.82) is 0 Å². The van der Waals surface area contributed by atoms with Crippen molar-refractivity contribution in [2.45, 2.75) is 12.5 Å². The van der Waals surface area contributed by atoms with Crippen molar-refractivity contribution in [3.63, 3.8) is 0 Å². The van der Waals surface area contributed by atoms with Crippen LogP contribution >= 0.6 is 11.3 Å². The van der Waals surface area contributed by atoms with Gasteiger partial charge in [0.05, 0.1) is 11.2 Å². The predicted molar refractivity (Wildman–Crippen MR) is 77.9 cm³/mol. The second kappa shape index (κ2) is 5.76. The third-order valence-corrected chi connectivity index (χ3v) is 3.56. The molecule has 0 fully saturated rings. The van der Waals surface area contributed by atoms with E-state index in [1.54, 1.807) is 16.8 Å². The van der Waals surface area contributed by atoms with Gasteiger partial charge < -0.3 is 9.57 Å². The van der Waals surface area contributed by atoms with E-state index in [1.807, 2.05) is 29.6 Å². The van der Waals surface area contributed by atoms with Gasteiger partial charge in [0.15, 0.2) is 6.10 Å². The highest BCUT2D eigenvalue weighted by atomic mass is 32.1. The molecule has 5 heteroatoms. The van der Waals surface area contributed by atoms with Crippen LogP contribution in [0.25, 0.3) is 0 Å². The number of hydrogen-bond donors (Lipinski definition) is 0. The van der Waals surface area contributed by atoms with Crippen LogP contribution in [-0.2, 0) is 4.84 Å². The van der Waals surface area contributed by atoms with Gasteiger partial charge in [-0.1, -0.05) is 29.3 Å². The summed E-state index contributed by atoms with van der Waals surface area (Å²) in [6, 6.07) is 7.71. The summed E-state index contributed by atoms with van der Waals surface area (Å²) in [5, 5.41) is 6.09. The fourth-order valence-electron chi connectivity index (χ4n) is 2.05. The molecule has 1 aromatic heterocycles. The molecule has 0 radical (unpaired) electrons. The monoisotopic (exact) mass is 284 g/mol. The second-order valence-electron chi connectivity index (χ2n) is 4.24. The van der Waals surface area contributed by atoms with Crippen molar-refractivity contribution < 1.29 is 9.57 Å². The van der Waals surface area contributed by atoms with E-state index in [1.165, 1.54) is 0 Å². The van der Waals surface area contributed by atoms with Crippen molar-refractivity contribution in [3.05, 3.63) is 46.4 Å². The number of thiazole rings is 1. The zero-order valence-electron chi connectivity index (χ0n) is 10.7. The van der Waals surface area contributed by atoms with E-state index < -0.39 is 0 Å². The lowest BCUT2D eigenvalue weighted by atomic mass is 10.0. The summed E-state index contributed by atoms with van der Waals surface area (Å²) >= 11 is 1.54. The Kier molecular flexibility index (Phi) is 3.66. The van der Waals surface area contributed by atoms with E-state index in [-0.39, 0.29) is 12.7 Å². The lowest BCUT2D eigenvalue weighted by Gasteiger charge is -2.13. The van der Waals surface area contributed by atoms with E-state index in [2.05, 4.69) is 16.1 Å². The van der Waals surface area contributed by atoms with Gasteiger partial charge in [0.1, 0.15) is 18.1 Å². The number of oxime groups is 1. The first-order chi connectivity index (χ1) is 9.88. The highest BCUT2D eigenvalue weighted by molar-refractivity contribution is 7.07. The SMILES string of the molecule is C#CCOc1ccccc1[C@@H]1CC(c2cscn2)=NO1. The Morgan fingerprint density at radius 1 is 1.45 bits per heavy atom. The molecule has 0 amide bonds. The van der Waals surface area contributed by atoms with Crippen molar-refractivity contribution in [3.8, 4) is 18.1 Å². The van der Waals surface area contributed by atoms with E-state index in [0.717, 1.165) is 22.7 Å². The average Bonchev–Trinajstić information content (AvgIpc) is 3.15. The van der Waals surface area contributed by atoms with Gasteiger partial charge in [-0.15, -0.1) is 17.8 Å². The van der Waals surface area contributed by atoms with Crippen LogP contribution in [-0.4, -0.2) is 17.3 Å². The number of terminal acetylenes is 1. The van der Waals surface area contributed by atoms with Gasteiger partial charge in [-0.05, 0) is 6.07 Å². The molecule has 0 aliphatic carbocycles. The summed E-state index contributed by atoms with van der Waals surface area (Å²) in [5.41, 5.74) is 4.48. The van der Waals surface area contributed by atoms with Crippen LogP contribution in [0.1, 0.15) is 23.8 Å². The smallest absolute Gasteiger partial charge is 0.161 e. The van der Waals surface area contributed by atoms with Gasteiger partial charge in [0.2, 0.25) is 0 Å². The van der Waals surface area contributed by atoms with E-state index in [0.29, 0.717) is 6.42 Å². The molecule has 1 atom stereocenters. The molecule has 20 heavy (non-hydrogen) atoms. The molecule has 1 aliphatic rings. The van der Waals surface area contributed by atoms with Crippen LogP contribution < -0.4 is 4.74 Å². The summed E-state index contributed by atoms with van der Waals surface area (Å²) in [7, 11) is 0. The summed E-state index contributed by atoms with van der Waals surface area (Å²) < 4.78 is 5.54. The maximum Gasteiger partial charge on any atom is 0.161 e. The fourth-order valence-corrected chi connectivity index (χ4v) is 2.61. The number of nitrogens with zero attached hydrogens (tertiary/aromatic N) is 2. The molecular formula is C15H12N2O2S. The summed E-state index contributed by atoms with van der Waals surface area (Å²) in [6.07, 6.45) is 5.76. The molecule has 0 spiro atoms. The van der Waals surface area contributed by atoms with Crippen molar-refractivity contribution in [1.82, 2.24) is 4.98 Å². The lowest BCUT2D eigenvalue weighted by molar-refractivity contribution is 0.0834. The van der Waals surface area contributed by atoms with Gasteiger partial charge in [-0.2, -0.15) is 0 Å². The first-order valence-corrected chi connectivity index (χ1v) is 7.09. The van der Waals surface area contributed by atoms with Gasteiger partial charge >= 0.3 is 0 Å². The summed E-state index contributed by atoms with van der Waals surface area (Å²) in [5.74, 6) is 3.21. The van der Waals surface area contributed by atoms with Crippen molar-refractivity contribution in [2.75, 3.05) is 6.61 Å². The maximum atomic E-state index is 5.54. The van der Waals surface area contributed by atoms with Gasteiger partial charge in [0, 0.05) is 17.4 Å². The Bertz CT molecular complexity index is 659. The molecule has 3 rings (SSSR count). The van der Waals surface area contributed by atoms with Gasteiger partial charge in [0.25, 0.3) is 0 Å². The van der Waals surface area contributed by atoms with E-state index in [9.17, 15) is 0 Å². The fraction of sp³-hybridized carbons (Fsp3) is 0.200. The molecule has 2 aromatic rings. The van der Waals surface area contributed by atoms with Crippen LogP contribution in [0, 0.1) is 12.3 Å². The molecule has 0 bridgehead atoms. The molecule has 0 saturated carbocycles. The number of benzene rings is 1. The Morgan fingerprint density at radius 3 is 3.15 bits per heavy atom. The van der Waals surface area contributed by atoms with Crippen molar-refractivity contribution >= 4 is 17.0 Å². The number of aromatic nitrogens is 1. The van der Waals surface area contributed by atoms with E-state index in [4.69, 9.17) is 16.0 Å². The van der Waals surface area contributed by atoms with Gasteiger partial charge in [-0.3, -0.25) is 0 Å². The Hall–Kier alpha value is -2.32. The maximum absolute atomic E-state index is 5.54. The highest BCUT2D eigenvalue weighted by Crippen LogP contribution is 2.34. The number of para-hydroxylation sites is 1. The van der Waals surface area contributed by atoms with Gasteiger partial charge in [-0.25, -0.2) is 4.98 Å². The van der Waals surface area contributed by atoms with Crippen molar-refractivity contribution in [2.24, 2.45) is 5.16 Å². The second-order valence-corrected chi connectivity index (χ2v) is 4.96. The summed E-state index contributed by atoms with van der Waals surface area (Å²) in [6.45, 7) is 0.240. The van der Waals surface area contributed by atoms with Crippen LogP contribution in [0.15, 0.2) is 40.3 Å². The molecule has 1 aromatic carbocycles. The van der Waals surface area contributed by atoms with Crippen LogP contribution in [0.3, 0.4) is 0 Å². The minimum absolute atomic E-state index is 0.152. The molecule has 0 saturated heterocycles. The Balaban J connectivity index is 1.78. The molecule has 0 N–H and O–H groups in total. The van der Waals surface area contributed by atoms with Crippen LogP contribution in [0.5, 0.6) is 5.75 Å². The third-order valence-electron chi connectivity index (χ3n) is 2.97. The zero-order chi connectivity index (χ0) is 13.8. The topological polar surface area (TPSA) is 43.7 Å². The minimum Gasteiger partial charge on any atom is -0.481 e. The normalized spacial score (nSPS) is 17.1. The highest BCUT2D eigenvalue weighted by Gasteiger charge is 2.27. The number of ether oxygens (including phenoxy) is 1. The molecule has 0 unspecified atom stereocenters. The molecule has 2 heterocycles. The molecule has 4 nitrogen and oxygen atoms in total. The standard InChI is InChI=1S/C15H12N2O2S/c1-2-7-18-14-6-4-3-5-11(14)15-8-12(17-19-15)13-9-20-10-16-13/h1,3-6,9-10,15H,7-8H2/t15-/m0/s1. The zero-order valence-corrected chi connectivity index (χ0v) is 11.5. The lowest BCUT2D eigenvalue weighted by Crippen LogP contribution is -2.05. The molecule has 100 valence electrons.